The molecule has 2 rings (SSSR count). The molecule has 3 N–H and O–H groups in total. The number of nitrogens with one attached hydrogen (secondary N) is 1. The minimum Gasteiger partial charge on any atom is -0.389 e. The van der Waals surface area contributed by atoms with Crippen LogP contribution in [0.2, 0.25) is 0 Å². The molecule has 1 unspecified atom stereocenters. The summed E-state index contributed by atoms with van der Waals surface area (Å²) in [5.41, 5.74) is 7.71. The van der Waals surface area contributed by atoms with Gasteiger partial charge in [-0.3, -0.25) is 0 Å². The Balaban J connectivity index is 2.13. The highest BCUT2D eigenvalue weighted by atomic mass is 32.1. The largest absolute Gasteiger partial charge is 0.389 e. The fourth-order valence-corrected chi connectivity index (χ4v) is 2.38. The standard InChI is InChI=1S/C13H19N3S/c1-8-5-6-15-13(11(8)12(14)17)16-9(2)7-10-3-4-10/h5-6,9-10H,3-4,7H2,1-2H3,(H2,14,17)(H,15,16). The van der Waals surface area contributed by atoms with Crippen LogP contribution >= 0.6 is 12.2 Å². The molecule has 3 nitrogen and oxygen atoms in total. The average molecular weight is 249 g/mol. The number of anilines is 1. The molecule has 17 heavy (non-hydrogen) atoms. The Bertz CT molecular complexity index is 427. The summed E-state index contributed by atoms with van der Waals surface area (Å²) >= 11 is 5.09. The molecule has 1 aromatic rings. The summed E-state index contributed by atoms with van der Waals surface area (Å²) in [5, 5.41) is 3.43. The van der Waals surface area contributed by atoms with Gasteiger partial charge in [0.15, 0.2) is 0 Å². The monoisotopic (exact) mass is 249 g/mol. The van der Waals surface area contributed by atoms with Gasteiger partial charge in [-0.1, -0.05) is 25.1 Å². The summed E-state index contributed by atoms with van der Waals surface area (Å²) in [6, 6.07) is 2.36. The van der Waals surface area contributed by atoms with Crippen molar-refractivity contribution in [2.45, 2.75) is 39.2 Å². The number of hydrogen-bond donors (Lipinski definition) is 2. The highest BCUT2D eigenvalue weighted by Crippen LogP contribution is 2.34. The fourth-order valence-electron chi connectivity index (χ4n) is 2.12. The number of aryl methyl sites for hydroxylation is 1. The lowest BCUT2D eigenvalue weighted by molar-refractivity contribution is 0.640. The van der Waals surface area contributed by atoms with Gasteiger partial charge in [0, 0.05) is 12.2 Å². The molecule has 0 amide bonds. The van der Waals surface area contributed by atoms with E-state index in [1.165, 1.54) is 19.3 Å². The van der Waals surface area contributed by atoms with Crippen molar-refractivity contribution >= 4 is 23.0 Å². The van der Waals surface area contributed by atoms with Gasteiger partial charge in [-0.2, -0.15) is 0 Å². The topological polar surface area (TPSA) is 50.9 Å². The van der Waals surface area contributed by atoms with Gasteiger partial charge in [0.05, 0.1) is 5.56 Å². The van der Waals surface area contributed by atoms with Crippen LogP contribution in [0, 0.1) is 12.8 Å². The zero-order valence-electron chi connectivity index (χ0n) is 10.4. The van der Waals surface area contributed by atoms with E-state index in [1.54, 1.807) is 6.20 Å². The van der Waals surface area contributed by atoms with E-state index >= 15 is 0 Å². The molecule has 0 radical (unpaired) electrons. The van der Waals surface area contributed by atoms with Gasteiger partial charge in [0.25, 0.3) is 0 Å². The van der Waals surface area contributed by atoms with E-state index in [4.69, 9.17) is 18.0 Å². The van der Waals surface area contributed by atoms with E-state index in [2.05, 4.69) is 17.2 Å². The average Bonchev–Trinajstić information content (AvgIpc) is 3.00. The van der Waals surface area contributed by atoms with E-state index in [9.17, 15) is 0 Å². The molecule has 1 fully saturated rings. The molecular weight excluding hydrogens is 230 g/mol. The van der Waals surface area contributed by atoms with Crippen LogP contribution in [0.4, 0.5) is 5.82 Å². The Labute approximate surface area is 108 Å². The Kier molecular flexibility index (Phi) is 3.62. The van der Waals surface area contributed by atoms with Crippen LogP contribution in [-0.2, 0) is 0 Å². The van der Waals surface area contributed by atoms with E-state index in [0.717, 1.165) is 22.9 Å². The zero-order valence-corrected chi connectivity index (χ0v) is 11.2. The van der Waals surface area contributed by atoms with Crippen molar-refractivity contribution in [3.05, 3.63) is 23.4 Å². The third-order valence-corrected chi connectivity index (χ3v) is 3.38. The van der Waals surface area contributed by atoms with Crippen molar-refractivity contribution in [1.82, 2.24) is 4.98 Å². The molecule has 1 aromatic heterocycles. The third kappa shape index (κ3) is 3.16. The number of aromatic nitrogens is 1. The van der Waals surface area contributed by atoms with Gasteiger partial charge in [-0.05, 0) is 37.8 Å². The number of nitrogens with zero attached hydrogens (tertiary/aromatic N) is 1. The van der Waals surface area contributed by atoms with Crippen molar-refractivity contribution in [2.75, 3.05) is 5.32 Å². The second-order valence-corrected chi connectivity index (χ2v) is 5.38. The molecule has 4 heteroatoms. The van der Waals surface area contributed by atoms with Gasteiger partial charge in [0.2, 0.25) is 0 Å². The maximum absolute atomic E-state index is 5.76. The molecule has 0 aliphatic heterocycles. The number of rotatable bonds is 5. The highest BCUT2D eigenvalue weighted by Gasteiger charge is 2.24. The minimum absolute atomic E-state index is 0.414. The van der Waals surface area contributed by atoms with E-state index in [-0.39, 0.29) is 0 Å². The Morgan fingerprint density at radius 3 is 2.94 bits per heavy atom. The van der Waals surface area contributed by atoms with Crippen LogP contribution < -0.4 is 11.1 Å². The molecule has 92 valence electrons. The van der Waals surface area contributed by atoms with Crippen LogP contribution in [0.25, 0.3) is 0 Å². The maximum Gasteiger partial charge on any atom is 0.136 e. The molecular formula is C13H19N3S. The molecule has 0 bridgehead atoms. The summed E-state index contributed by atoms with van der Waals surface area (Å²) in [4.78, 5) is 4.76. The normalized spacial score (nSPS) is 16.6. The SMILES string of the molecule is Cc1ccnc(NC(C)CC2CC2)c1C(N)=S. The van der Waals surface area contributed by atoms with Gasteiger partial charge in [-0.15, -0.1) is 0 Å². The molecule has 1 aliphatic carbocycles. The van der Waals surface area contributed by atoms with Crippen molar-refractivity contribution in [1.29, 1.82) is 0 Å². The first-order valence-electron chi connectivity index (χ1n) is 6.10. The molecule has 1 atom stereocenters. The Morgan fingerprint density at radius 2 is 2.35 bits per heavy atom. The van der Waals surface area contributed by atoms with Gasteiger partial charge in [0.1, 0.15) is 10.8 Å². The van der Waals surface area contributed by atoms with E-state index in [1.807, 2.05) is 13.0 Å². The van der Waals surface area contributed by atoms with Crippen LogP contribution in [0.5, 0.6) is 0 Å². The number of nitrogens with two attached hydrogens (primary N) is 1. The summed E-state index contributed by atoms with van der Waals surface area (Å²) in [5.74, 6) is 1.72. The maximum atomic E-state index is 5.76. The lowest BCUT2D eigenvalue weighted by atomic mass is 10.1. The number of hydrogen-bond acceptors (Lipinski definition) is 3. The predicted molar refractivity (Wildman–Crippen MR) is 75.3 cm³/mol. The van der Waals surface area contributed by atoms with Crippen LogP contribution in [0.15, 0.2) is 12.3 Å². The van der Waals surface area contributed by atoms with E-state index in [0.29, 0.717) is 11.0 Å². The lowest BCUT2D eigenvalue weighted by Gasteiger charge is -2.17. The molecule has 0 spiro atoms. The van der Waals surface area contributed by atoms with Crippen molar-refractivity contribution in [3.63, 3.8) is 0 Å². The first-order chi connectivity index (χ1) is 8.08. The molecule has 0 saturated heterocycles. The van der Waals surface area contributed by atoms with Crippen molar-refractivity contribution in [2.24, 2.45) is 11.7 Å². The van der Waals surface area contributed by atoms with Crippen LogP contribution in [0.3, 0.4) is 0 Å². The Hall–Kier alpha value is -1.16. The zero-order chi connectivity index (χ0) is 12.4. The first-order valence-corrected chi connectivity index (χ1v) is 6.50. The molecule has 1 heterocycles. The van der Waals surface area contributed by atoms with Crippen LogP contribution in [-0.4, -0.2) is 16.0 Å². The summed E-state index contributed by atoms with van der Waals surface area (Å²) in [7, 11) is 0. The molecule has 1 saturated carbocycles. The minimum atomic E-state index is 0.414. The number of pyridine rings is 1. The van der Waals surface area contributed by atoms with Gasteiger partial charge < -0.3 is 11.1 Å². The second kappa shape index (κ2) is 5.00. The second-order valence-electron chi connectivity index (χ2n) is 4.94. The summed E-state index contributed by atoms with van der Waals surface area (Å²) < 4.78 is 0. The highest BCUT2D eigenvalue weighted by molar-refractivity contribution is 7.80. The lowest BCUT2D eigenvalue weighted by Crippen LogP contribution is -2.21. The van der Waals surface area contributed by atoms with Crippen LogP contribution in [0.1, 0.15) is 37.3 Å². The smallest absolute Gasteiger partial charge is 0.136 e. The van der Waals surface area contributed by atoms with E-state index < -0.39 is 0 Å². The Morgan fingerprint density at radius 1 is 1.65 bits per heavy atom. The van der Waals surface area contributed by atoms with Gasteiger partial charge in [-0.25, -0.2) is 4.98 Å². The quantitative estimate of drug-likeness (QED) is 0.788. The third-order valence-electron chi connectivity index (χ3n) is 3.17. The fraction of sp³-hybridized carbons (Fsp3) is 0.538. The number of thiocarbonyl (C=S) groups is 1. The summed E-state index contributed by atoms with van der Waals surface area (Å²) in [6.07, 6.45) is 5.74. The van der Waals surface area contributed by atoms with Crippen molar-refractivity contribution < 1.29 is 0 Å². The first kappa shape index (κ1) is 12.3. The summed E-state index contributed by atoms with van der Waals surface area (Å²) in [6.45, 7) is 4.19. The predicted octanol–water partition coefficient (Wildman–Crippen LogP) is 2.62. The van der Waals surface area contributed by atoms with Crippen molar-refractivity contribution in [3.8, 4) is 0 Å². The molecule has 0 aromatic carbocycles. The van der Waals surface area contributed by atoms with Gasteiger partial charge >= 0.3 is 0 Å². The molecule has 1 aliphatic rings.